The van der Waals surface area contributed by atoms with Gasteiger partial charge in [0.1, 0.15) is 0 Å². The molecule has 0 aromatic carbocycles. The zero-order chi connectivity index (χ0) is 19.5. The second-order valence-electron chi connectivity index (χ2n) is 6.40. The summed E-state index contributed by atoms with van der Waals surface area (Å²) in [6.07, 6.45) is 0. The Balaban J connectivity index is 1.59. The number of nitrogens with two attached hydrogens (primary N) is 1. The third-order valence-electron chi connectivity index (χ3n) is 4.34. The van der Waals surface area contributed by atoms with Crippen LogP contribution in [0.4, 0.5) is 0 Å². The van der Waals surface area contributed by atoms with Gasteiger partial charge in [-0.15, -0.1) is 5.10 Å². The molecule has 0 atom stereocenters. The van der Waals surface area contributed by atoms with Crippen LogP contribution in [-0.2, 0) is 37.1 Å². The van der Waals surface area contributed by atoms with Crippen LogP contribution in [0.15, 0.2) is 0 Å². The Bertz CT molecular complexity index is 638. The number of ether oxygens (including phenoxy) is 3. The average molecular weight is 406 g/mol. The van der Waals surface area contributed by atoms with Crippen LogP contribution in [0.25, 0.3) is 0 Å². The Kier molecular flexibility index (Phi) is 9.59. The fraction of sp³-hybridized carbons (Fsp3) is 0.875. The highest BCUT2D eigenvalue weighted by atomic mass is 32.2. The zero-order valence-corrected chi connectivity index (χ0v) is 16.8. The third-order valence-corrected chi connectivity index (χ3v) is 5.95. The number of sulfone groups is 1. The summed E-state index contributed by atoms with van der Waals surface area (Å²) in [5.74, 6) is 0.435. The zero-order valence-electron chi connectivity index (χ0n) is 16.0. The van der Waals surface area contributed by atoms with Gasteiger partial charge in [0.05, 0.1) is 69.1 Å². The summed E-state index contributed by atoms with van der Waals surface area (Å²) >= 11 is 0. The van der Waals surface area contributed by atoms with Gasteiger partial charge in [-0.1, -0.05) is 5.21 Å². The molecule has 1 aromatic heterocycles. The molecule has 0 amide bonds. The predicted molar refractivity (Wildman–Crippen MR) is 100 cm³/mol. The third kappa shape index (κ3) is 8.20. The van der Waals surface area contributed by atoms with Crippen molar-refractivity contribution in [3.8, 4) is 0 Å². The van der Waals surface area contributed by atoms with Crippen molar-refractivity contribution in [2.75, 3.05) is 70.8 Å². The Morgan fingerprint density at radius 3 is 2.22 bits per heavy atom. The van der Waals surface area contributed by atoms with Crippen LogP contribution in [0.1, 0.15) is 11.4 Å². The standard InChI is InChI=1S/C16H31N5O5S/c1-15-16(14-20-4-12-27(22,23)13-5-20)18-19-21(15)3-7-25-9-11-26-10-8-24-6-2-17/h2-14,17H2,1H3. The highest BCUT2D eigenvalue weighted by molar-refractivity contribution is 7.91. The normalized spacial score (nSPS) is 17.4. The molecule has 1 saturated heterocycles. The molecule has 27 heavy (non-hydrogen) atoms. The van der Waals surface area contributed by atoms with Crippen molar-refractivity contribution in [1.82, 2.24) is 19.9 Å². The largest absolute Gasteiger partial charge is 0.378 e. The van der Waals surface area contributed by atoms with E-state index in [0.717, 1.165) is 11.4 Å². The van der Waals surface area contributed by atoms with E-state index in [9.17, 15) is 8.42 Å². The topological polar surface area (TPSA) is 122 Å². The first kappa shape index (κ1) is 22.2. The highest BCUT2D eigenvalue weighted by Crippen LogP contribution is 2.11. The molecule has 1 aliphatic heterocycles. The summed E-state index contributed by atoms with van der Waals surface area (Å²) in [6.45, 7) is 8.03. The molecule has 0 saturated carbocycles. The van der Waals surface area contributed by atoms with Crippen LogP contribution < -0.4 is 5.73 Å². The molecule has 2 rings (SSSR count). The van der Waals surface area contributed by atoms with Crippen LogP contribution in [0, 0.1) is 6.92 Å². The summed E-state index contributed by atoms with van der Waals surface area (Å²) in [4.78, 5) is 2.10. The Hall–Kier alpha value is -1.11. The van der Waals surface area contributed by atoms with E-state index in [1.165, 1.54) is 0 Å². The molecule has 1 fully saturated rings. The maximum absolute atomic E-state index is 11.5. The summed E-state index contributed by atoms with van der Waals surface area (Å²) in [6, 6.07) is 0. The van der Waals surface area contributed by atoms with Crippen LogP contribution in [0.5, 0.6) is 0 Å². The van der Waals surface area contributed by atoms with E-state index in [0.29, 0.717) is 72.4 Å². The molecule has 10 nitrogen and oxygen atoms in total. The van der Waals surface area contributed by atoms with Crippen molar-refractivity contribution in [3.63, 3.8) is 0 Å². The summed E-state index contributed by atoms with van der Waals surface area (Å²) in [5.41, 5.74) is 7.19. The minimum atomic E-state index is -2.86. The Labute approximate surface area is 160 Å². The quantitative estimate of drug-likeness (QED) is 0.404. The monoisotopic (exact) mass is 405 g/mol. The number of aromatic nitrogens is 3. The van der Waals surface area contributed by atoms with E-state index in [1.807, 2.05) is 11.6 Å². The lowest BCUT2D eigenvalue weighted by molar-refractivity contribution is 0.0140. The number of rotatable bonds is 13. The molecule has 0 aliphatic carbocycles. The first-order valence-corrected chi connectivity index (χ1v) is 11.1. The molecule has 0 radical (unpaired) electrons. The van der Waals surface area contributed by atoms with Crippen LogP contribution in [0.3, 0.4) is 0 Å². The van der Waals surface area contributed by atoms with Gasteiger partial charge >= 0.3 is 0 Å². The van der Waals surface area contributed by atoms with Gasteiger partial charge in [0.2, 0.25) is 0 Å². The van der Waals surface area contributed by atoms with Gasteiger partial charge in [-0.05, 0) is 6.92 Å². The lowest BCUT2D eigenvalue weighted by Gasteiger charge is -2.25. The van der Waals surface area contributed by atoms with E-state index in [1.54, 1.807) is 0 Å². The van der Waals surface area contributed by atoms with Gasteiger partial charge in [-0.3, -0.25) is 4.90 Å². The van der Waals surface area contributed by atoms with Crippen LogP contribution in [0.2, 0.25) is 0 Å². The van der Waals surface area contributed by atoms with Crippen LogP contribution >= 0.6 is 0 Å². The maximum atomic E-state index is 11.5. The molecule has 2 N–H and O–H groups in total. The molecule has 11 heteroatoms. The van der Waals surface area contributed by atoms with E-state index in [4.69, 9.17) is 19.9 Å². The van der Waals surface area contributed by atoms with Crippen molar-refractivity contribution in [3.05, 3.63) is 11.4 Å². The van der Waals surface area contributed by atoms with E-state index in [2.05, 4.69) is 15.2 Å². The van der Waals surface area contributed by atoms with Gasteiger partial charge in [-0.25, -0.2) is 13.1 Å². The van der Waals surface area contributed by atoms with Gasteiger partial charge in [0, 0.05) is 26.2 Å². The van der Waals surface area contributed by atoms with Gasteiger partial charge < -0.3 is 19.9 Å². The fourth-order valence-electron chi connectivity index (χ4n) is 2.65. The lowest BCUT2D eigenvalue weighted by Crippen LogP contribution is -2.39. The number of nitrogens with zero attached hydrogens (tertiary/aromatic N) is 4. The number of hydrogen-bond donors (Lipinski definition) is 1. The first-order chi connectivity index (χ1) is 13.0. The smallest absolute Gasteiger partial charge is 0.152 e. The molecule has 0 unspecified atom stereocenters. The van der Waals surface area contributed by atoms with E-state index >= 15 is 0 Å². The number of hydrogen-bond acceptors (Lipinski definition) is 9. The second-order valence-corrected chi connectivity index (χ2v) is 8.70. The summed E-state index contributed by atoms with van der Waals surface area (Å²) in [5, 5.41) is 8.40. The second kappa shape index (κ2) is 11.7. The maximum Gasteiger partial charge on any atom is 0.152 e. The SMILES string of the molecule is Cc1c(CN2CCS(=O)(=O)CC2)nnn1CCOCCOCCOCCN. The summed E-state index contributed by atoms with van der Waals surface area (Å²) in [7, 11) is -2.86. The van der Waals surface area contributed by atoms with E-state index in [-0.39, 0.29) is 11.5 Å². The Morgan fingerprint density at radius 1 is 1.00 bits per heavy atom. The van der Waals surface area contributed by atoms with E-state index < -0.39 is 9.84 Å². The molecule has 2 heterocycles. The Morgan fingerprint density at radius 2 is 1.59 bits per heavy atom. The molecule has 156 valence electrons. The van der Waals surface area contributed by atoms with Crippen molar-refractivity contribution >= 4 is 9.84 Å². The minimum Gasteiger partial charge on any atom is -0.378 e. The highest BCUT2D eigenvalue weighted by Gasteiger charge is 2.23. The fourth-order valence-corrected chi connectivity index (χ4v) is 3.93. The molecule has 0 spiro atoms. The molecular weight excluding hydrogens is 374 g/mol. The van der Waals surface area contributed by atoms with Gasteiger partial charge in [-0.2, -0.15) is 0 Å². The molecule has 1 aliphatic rings. The average Bonchev–Trinajstić information content (AvgIpc) is 2.98. The van der Waals surface area contributed by atoms with Crippen molar-refractivity contribution in [1.29, 1.82) is 0 Å². The molecular formula is C16H31N5O5S. The lowest BCUT2D eigenvalue weighted by atomic mass is 10.3. The molecule has 0 bridgehead atoms. The van der Waals surface area contributed by atoms with Gasteiger partial charge in [0.15, 0.2) is 9.84 Å². The van der Waals surface area contributed by atoms with Crippen molar-refractivity contribution < 1.29 is 22.6 Å². The van der Waals surface area contributed by atoms with Gasteiger partial charge in [0.25, 0.3) is 0 Å². The van der Waals surface area contributed by atoms with Crippen LogP contribution in [-0.4, -0.2) is 99.1 Å². The molecule has 1 aromatic rings. The predicted octanol–water partition coefficient (Wildman–Crippen LogP) is -1.17. The first-order valence-electron chi connectivity index (χ1n) is 9.27. The summed E-state index contributed by atoms with van der Waals surface area (Å²) < 4.78 is 41.0. The van der Waals surface area contributed by atoms with Crippen molar-refractivity contribution in [2.45, 2.75) is 20.0 Å². The minimum absolute atomic E-state index is 0.218. The van der Waals surface area contributed by atoms with Crippen molar-refractivity contribution in [2.24, 2.45) is 5.73 Å².